The van der Waals surface area contributed by atoms with Gasteiger partial charge in [-0.15, -0.1) is 0 Å². The fraction of sp³-hybridized carbons (Fsp3) is 0.632. The highest BCUT2D eigenvalue weighted by Crippen LogP contribution is 2.25. The summed E-state index contributed by atoms with van der Waals surface area (Å²) in [5.74, 6) is -0.226. The molecule has 138 valence electrons. The van der Waals surface area contributed by atoms with Crippen LogP contribution in [0.25, 0.3) is 0 Å². The lowest BCUT2D eigenvalue weighted by atomic mass is 9.92. The first-order valence-electron chi connectivity index (χ1n) is 8.78. The van der Waals surface area contributed by atoms with Crippen LogP contribution >= 0.6 is 0 Å². The molecule has 2 rings (SSSR count). The molecule has 1 aromatic carbocycles. The number of benzene rings is 1. The molecular weight excluding hydrogens is 322 g/mol. The summed E-state index contributed by atoms with van der Waals surface area (Å²) in [6.45, 7) is 13.7. The maximum absolute atomic E-state index is 12.5. The molecule has 1 aromatic rings. The Morgan fingerprint density at radius 1 is 1.08 bits per heavy atom. The summed E-state index contributed by atoms with van der Waals surface area (Å²) >= 11 is 0. The monoisotopic (exact) mass is 355 g/mol. The molecule has 4 nitrogen and oxygen atoms in total. The standard InChI is InChI=1S/C15H21NO3S.2C2H6/c1-12(17)15(2,3)11-20(18,19)16-9-8-13-6-4-5-7-14(13)10-16;2*1-2/h4-7H,8-11H2,1-3H3;2*1-2H3. The molecule has 0 atom stereocenters. The molecule has 0 saturated carbocycles. The van der Waals surface area contributed by atoms with Gasteiger partial charge in [-0.05, 0) is 24.5 Å². The summed E-state index contributed by atoms with van der Waals surface area (Å²) in [7, 11) is -3.42. The highest BCUT2D eigenvalue weighted by Gasteiger charge is 2.35. The smallest absolute Gasteiger partial charge is 0.215 e. The molecule has 0 bridgehead atoms. The van der Waals surface area contributed by atoms with Crippen molar-refractivity contribution in [3.8, 4) is 0 Å². The second-order valence-corrected chi connectivity index (χ2v) is 8.02. The number of Topliss-reactive ketones (excluding diaryl/α,β-unsaturated/α-hetero) is 1. The summed E-state index contributed by atoms with van der Waals surface area (Å²) in [5.41, 5.74) is 1.43. The van der Waals surface area contributed by atoms with Gasteiger partial charge >= 0.3 is 0 Å². The van der Waals surface area contributed by atoms with Gasteiger partial charge in [0, 0.05) is 18.5 Å². The van der Waals surface area contributed by atoms with Gasteiger partial charge < -0.3 is 0 Å². The van der Waals surface area contributed by atoms with Crippen molar-refractivity contribution >= 4 is 15.8 Å². The van der Waals surface area contributed by atoms with Gasteiger partial charge in [0.05, 0.1) is 5.75 Å². The first-order chi connectivity index (χ1) is 11.2. The van der Waals surface area contributed by atoms with Crippen molar-refractivity contribution in [2.75, 3.05) is 12.3 Å². The Hall–Kier alpha value is -1.20. The molecule has 1 heterocycles. The normalized spacial score (nSPS) is 14.5. The third-order valence-electron chi connectivity index (χ3n) is 3.99. The number of carbonyl (C=O) groups excluding carboxylic acids is 1. The number of hydrogen-bond acceptors (Lipinski definition) is 3. The molecule has 1 aliphatic rings. The predicted octanol–water partition coefficient (Wildman–Crippen LogP) is 4.04. The molecule has 0 aliphatic carbocycles. The summed E-state index contributed by atoms with van der Waals surface area (Å²) in [6, 6.07) is 7.91. The van der Waals surface area contributed by atoms with E-state index in [1.807, 2.05) is 52.0 Å². The van der Waals surface area contributed by atoms with Crippen LogP contribution in [0.5, 0.6) is 0 Å². The van der Waals surface area contributed by atoms with E-state index < -0.39 is 15.4 Å². The third-order valence-corrected chi connectivity index (χ3v) is 6.17. The second-order valence-electron chi connectivity index (χ2n) is 6.05. The maximum atomic E-state index is 12.5. The minimum atomic E-state index is -3.42. The summed E-state index contributed by atoms with van der Waals surface area (Å²) in [4.78, 5) is 11.5. The van der Waals surface area contributed by atoms with Crippen molar-refractivity contribution in [3.05, 3.63) is 35.4 Å². The summed E-state index contributed by atoms with van der Waals surface area (Å²) < 4.78 is 26.5. The topological polar surface area (TPSA) is 54.5 Å². The molecule has 24 heavy (non-hydrogen) atoms. The molecule has 1 aliphatic heterocycles. The zero-order valence-corrected chi connectivity index (χ0v) is 17.0. The first-order valence-corrected chi connectivity index (χ1v) is 10.4. The average Bonchev–Trinajstić information content (AvgIpc) is 2.57. The number of ketones is 1. The van der Waals surface area contributed by atoms with E-state index in [4.69, 9.17) is 0 Å². The Morgan fingerprint density at radius 2 is 1.58 bits per heavy atom. The van der Waals surface area contributed by atoms with Crippen LogP contribution < -0.4 is 0 Å². The number of nitrogens with zero attached hydrogens (tertiary/aromatic N) is 1. The summed E-state index contributed by atoms with van der Waals surface area (Å²) in [6.07, 6.45) is 0.732. The zero-order valence-electron chi connectivity index (χ0n) is 16.2. The number of carbonyl (C=O) groups is 1. The molecule has 0 unspecified atom stereocenters. The van der Waals surface area contributed by atoms with Gasteiger partial charge in [-0.2, -0.15) is 4.31 Å². The summed E-state index contributed by atoms with van der Waals surface area (Å²) in [5, 5.41) is 0. The number of sulfonamides is 1. The van der Waals surface area contributed by atoms with E-state index in [1.54, 1.807) is 13.8 Å². The van der Waals surface area contributed by atoms with E-state index in [2.05, 4.69) is 0 Å². The van der Waals surface area contributed by atoms with Crippen LogP contribution in [0.4, 0.5) is 0 Å². The zero-order chi connectivity index (χ0) is 19.0. The van der Waals surface area contributed by atoms with E-state index in [0.29, 0.717) is 13.1 Å². The Morgan fingerprint density at radius 3 is 2.08 bits per heavy atom. The Kier molecular flexibility index (Phi) is 9.45. The van der Waals surface area contributed by atoms with Gasteiger partial charge in [-0.1, -0.05) is 65.8 Å². The van der Waals surface area contributed by atoms with Crippen molar-refractivity contribution < 1.29 is 13.2 Å². The molecule has 0 radical (unpaired) electrons. The highest BCUT2D eigenvalue weighted by atomic mass is 32.2. The largest absolute Gasteiger partial charge is 0.299 e. The Balaban J connectivity index is 0.00000123. The molecule has 0 aromatic heterocycles. The van der Waals surface area contributed by atoms with E-state index in [-0.39, 0.29) is 11.5 Å². The minimum Gasteiger partial charge on any atom is -0.299 e. The molecule has 0 N–H and O–H groups in total. The van der Waals surface area contributed by atoms with Crippen LogP contribution in [0.2, 0.25) is 0 Å². The van der Waals surface area contributed by atoms with Crippen LogP contribution in [0.15, 0.2) is 24.3 Å². The number of fused-ring (bicyclic) bond motifs is 1. The SMILES string of the molecule is CC.CC.CC(=O)C(C)(C)CS(=O)(=O)N1CCc2ccccc2C1. The molecule has 0 amide bonds. The van der Waals surface area contributed by atoms with Gasteiger partial charge in [-0.25, -0.2) is 8.42 Å². The van der Waals surface area contributed by atoms with Crippen molar-refractivity contribution in [3.63, 3.8) is 0 Å². The quantitative estimate of drug-likeness (QED) is 0.819. The third kappa shape index (κ3) is 6.02. The Bertz CT molecular complexity index is 621. The molecular formula is C19H33NO3S. The van der Waals surface area contributed by atoms with Gasteiger partial charge in [0.15, 0.2) is 0 Å². The molecule has 0 saturated heterocycles. The molecule has 0 spiro atoms. The van der Waals surface area contributed by atoms with Crippen LogP contribution in [-0.2, 0) is 27.8 Å². The lowest BCUT2D eigenvalue weighted by Gasteiger charge is -2.31. The van der Waals surface area contributed by atoms with Crippen LogP contribution in [-0.4, -0.2) is 30.8 Å². The van der Waals surface area contributed by atoms with Crippen LogP contribution in [0, 0.1) is 5.41 Å². The van der Waals surface area contributed by atoms with E-state index in [1.165, 1.54) is 16.8 Å². The van der Waals surface area contributed by atoms with E-state index in [0.717, 1.165) is 12.0 Å². The lowest BCUT2D eigenvalue weighted by Crippen LogP contribution is -2.42. The minimum absolute atomic E-state index is 0.0986. The van der Waals surface area contributed by atoms with Crippen LogP contribution in [0.3, 0.4) is 0 Å². The van der Waals surface area contributed by atoms with Crippen molar-refractivity contribution in [2.45, 2.75) is 61.4 Å². The Labute approximate surface area is 148 Å². The predicted molar refractivity (Wildman–Crippen MR) is 102 cm³/mol. The fourth-order valence-electron chi connectivity index (χ4n) is 2.36. The number of hydrogen-bond donors (Lipinski definition) is 0. The lowest BCUT2D eigenvalue weighted by molar-refractivity contribution is -0.123. The van der Waals surface area contributed by atoms with E-state index >= 15 is 0 Å². The van der Waals surface area contributed by atoms with E-state index in [9.17, 15) is 13.2 Å². The highest BCUT2D eigenvalue weighted by molar-refractivity contribution is 7.89. The van der Waals surface area contributed by atoms with Gasteiger partial charge in [0.25, 0.3) is 0 Å². The fourth-order valence-corrected chi connectivity index (χ4v) is 4.36. The van der Waals surface area contributed by atoms with Gasteiger partial charge in [0.2, 0.25) is 10.0 Å². The van der Waals surface area contributed by atoms with Crippen LogP contribution in [0.1, 0.15) is 59.6 Å². The van der Waals surface area contributed by atoms with Gasteiger partial charge in [0.1, 0.15) is 5.78 Å². The average molecular weight is 356 g/mol. The van der Waals surface area contributed by atoms with Gasteiger partial charge in [-0.3, -0.25) is 4.79 Å². The number of rotatable bonds is 4. The van der Waals surface area contributed by atoms with Crippen molar-refractivity contribution in [1.29, 1.82) is 0 Å². The molecule has 5 heteroatoms. The van der Waals surface area contributed by atoms with Crippen molar-refractivity contribution in [2.24, 2.45) is 5.41 Å². The second kappa shape index (κ2) is 9.94. The molecule has 0 fully saturated rings. The first kappa shape index (κ1) is 22.8. The van der Waals surface area contributed by atoms with Crippen molar-refractivity contribution in [1.82, 2.24) is 4.31 Å². The maximum Gasteiger partial charge on any atom is 0.215 e.